The van der Waals surface area contributed by atoms with Gasteiger partial charge in [-0.25, -0.2) is 14.6 Å². The van der Waals surface area contributed by atoms with Crippen LogP contribution in [0.25, 0.3) is 0 Å². The van der Waals surface area contributed by atoms with Crippen LogP contribution in [0.15, 0.2) is 64.3 Å². The van der Waals surface area contributed by atoms with E-state index in [-0.39, 0.29) is 35.1 Å². The molecular formula is C34H40N2O4. The monoisotopic (exact) mass is 540 g/mol. The molecule has 2 N–H and O–H groups in total. The lowest BCUT2D eigenvalue weighted by molar-refractivity contribution is -0.135. The molecule has 3 fully saturated rings. The summed E-state index contributed by atoms with van der Waals surface area (Å²) in [6, 6.07) is 3.90. The maximum absolute atomic E-state index is 13.8. The number of nitrogens with two attached hydrogens (primary N) is 1. The summed E-state index contributed by atoms with van der Waals surface area (Å²) in [5.74, 6) is 2.08. The molecule has 2 saturated carbocycles. The van der Waals surface area contributed by atoms with Crippen molar-refractivity contribution in [3.63, 3.8) is 0 Å². The lowest BCUT2D eigenvalue weighted by Crippen LogP contribution is -2.52. The highest BCUT2D eigenvalue weighted by molar-refractivity contribution is 6.00. The van der Waals surface area contributed by atoms with E-state index < -0.39 is 5.41 Å². The number of hydrogen-bond acceptors (Lipinski definition) is 6. The summed E-state index contributed by atoms with van der Waals surface area (Å²) in [5.41, 5.74) is 10.6. The van der Waals surface area contributed by atoms with Crippen molar-refractivity contribution >= 4 is 17.8 Å². The Morgan fingerprint density at radius 3 is 2.67 bits per heavy atom. The van der Waals surface area contributed by atoms with Gasteiger partial charge in [-0.2, -0.15) is 0 Å². The minimum Gasteiger partial charge on any atom is -0.427 e. The molecule has 6 heteroatoms. The minimum atomic E-state index is -0.592. The predicted molar refractivity (Wildman–Crippen MR) is 152 cm³/mol. The number of nitrogen functional groups attached to an aromatic ring is 1. The van der Waals surface area contributed by atoms with Crippen LogP contribution >= 0.6 is 0 Å². The second-order valence-corrected chi connectivity index (χ2v) is 12.9. The average Bonchev–Trinajstić information content (AvgIpc) is 3.63. The van der Waals surface area contributed by atoms with E-state index in [1.165, 1.54) is 18.4 Å². The summed E-state index contributed by atoms with van der Waals surface area (Å²) < 4.78 is 12.3. The first-order valence-corrected chi connectivity index (χ1v) is 15.5. The zero-order valence-corrected chi connectivity index (χ0v) is 23.8. The van der Waals surface area contributed by atoms with Gasteiger partial charge in [0.15, 0.2) is 0 Å². The standard InChI is InChI=1S/C34H40N2O4/c1-3-5-8-26-34-15-11-21(24(30(34)32(38)40-26)17-20-12-16-36-27(35)18-20)22-9-10-23-25(39-31(37)28(23)29(22)34)19-33(4-2)13-6-7-14-33/h8,12,16,18-19,21-22,29H,3-7,9-11,13-15,17H2,1-2H3,(H2,35,36). The highest BCUT2D eigenvalue weighted by Gasteiger charge is 2.68. The number of ether oxygens (including phenoxy) is 2. The van der Waals surface area contributed by atoms with Crippen LogP contribution in [0, 0.1) is 28.6 Å². The SMILES string of the molecule is CCCC=C1OC(=O)C2=C(Cc3ccnc(N)c3)C3CCC12C1C2=C(CCC31)C(=CC1(CC)CCCC1)OC2=O. The quantitative estimate of drug-likeness (QED) is 0.395. The molecule has 5 aliphatic carbocycles. The third-order valence-electron chi connectivity index (χ3n) is 11.1. The molecule has 8 rings (SSSR count). The van der Waals surface area contributed by atoms with E-state index in [1.807, 2.05) is 12.1 Å². The van der Waals surface area contributed by atoms with Crippen molar-refractivity contribution in [1.82, 2.24) is 4.98 Å². The van der Waals surface area contributed by atoms with Crippen LogP contribution in [0.2, 0.25) is 0 Å². The first-order valence-electron chi connectivity index (χ1n) is 15.5. The molecule has 7 aliphatic rings. The van der Waals surface area contributed by atoms with Gasteiger partial charge in [-0.1, -0.05) is 38.7 Å². The summed E-state index contributed by atoms with van der Waals surface area (Å²) in [4.78, 5) is 31.7. The molecule has 6 nitrogen and oxygen atoms in total. The maximum Gasteiger partial charge on any atom is 0.340 e. The Morgan fingerprint density at radius 1 is 1.10 bits per heavy atom. The van der Waals surface area contributed by atoms with E-state index in [9.17, 15) is 9.59 Å². The first kappa shape index (κ1) is 25.8. The van der Waals surface area contributed by atoms with Gasteiger partial charge in [0, 0.05) is 23.3 Å². The predicted octanol–water partition coefficient (Wildman–Crippen LogP) is 6.89. The maximum atomic E-state index is 13.8. The van der Waals surface area contributed by atoms with Gasteiger partial charge in [-0.05, 0) is 105 Å². The Hall–Kier alpha value is -3.15. The number of nitrogens with zero attached hydrogens (tertiary/aromatic N) is 1. The third-order valence-corrected chi connectivity index (χ3v) is 11.1. The van der Waals surface area contributed by atoms with Crippen LogP contribution in [0.5, 0.6) is 0 Å². The van der Waals surface area contributed by atoms with E-state index in [0.717, 1.165) is 91.6 Å². The number of fused-ring (bicyclic) bond motifs is 1. The zero-order valence-electron chi connectivity index (χ0n) is 23.8. The number of unbranched alkanes of at least 4 members (excludes halogenated alkanes) is 1. The van der Waals surface area contributed by atoms with Gasteiger partial charge in [0.1, 0.15) is 17.3 Å². The molecule has 0 amide bonds. The largest absolute Gasteiger partial charge is 0.427 e. The number of pyridine rings is 1. The Morgan fingerprint density at radius 2 is 1.93 bits per heavy atom. The molecule has 2 aliphatic heterocycles. The fraction of sp³-hybridized carbons (Fsp3) is 0.559. The lowest BCUT2D eigenvalue weighted by Gasteiger charge is -2.56. The Balaban J connectivity index is 1.39. The molecule has 210 valence electrons. The molecule has 0 aromatic carbocycles. The number of cyclic esters (lactones) is 2. The average molecular weight is 541 g/mol. The van der Waals surface area contributed by atoms with Crippen LogP contribution in [-0.2, 0) is 25.5 Å². The summed E-state index contributed by atoms with van der Waals surface area (Å²) >= 11 is 0. The van der Waals surface area contributed by atoms with Crippen molar-refractivity contribution in [3.05, 3.63) is 69.9 Å². The van der Waals surface area contributed by atoms with Crippen molar-refractivity contribution < 1.29 is 19.1 Å². The highest BCUT2D eigenvalue weighted by atomic mass is 16.5. The molecule has 1 spiro atoms. The molecule has 40 heavy (non-hydrogen) atoms. The number of hydrogen-bond donors (Lipinski definition) is 1. The minimum absolute atomic E-state index is 0.0784. The van der Waals surface area contributed by atoms with Crippen molar-refractivity contribution in [3.8, 4) is 0 Å². The number of esters is 2. The molecule has 1 saturated heterocycles. The van der Waals surface area contributed by atoms with Gasteiger partial charge in [-0.3, -0.25) is 0 Å². The fourth-order valence-electron chi connectivity index (χ4n) is 9.29. The molecule has 4 unspecified atom stereocenters. The topological polar surface area (TPSA) is 91.5 Å². The molecule has 3 heterocycles. The number of rotatable bonds is 6. The first-order chi connectivity index (χ1) is 19.4. The fourth-order valence-corrected chi connectivity index (χ4v) is 9.29. The van der Waals surface area contributed by atoms with Gasteiger partial charge in [0.25, 0.3) is 0 Å². The van der Waals surface area contributed by atoms with Crippen LogP contribution in [0.3, 0.4) is 0 Å². The van der Waals surface area contributed by atoms with Gasteiger partial charge >= 0.3 is 11.9 Å². The normalized spacial score (nSPS) is 33.9. The summed E-state index contributed by atoms with van der Waals surface area (Å²) in [7, 11) is 0. The zero-order chi connectivity index (χ0) is 27.6. The third kappa shape index (κ3) is 3.63. The van der Waals surface area contributed by atoms with E-state index in [2.05, 4.69) is 31.0 Å². The van der Waals surface area contributed by atoms with Crippen LogP contribution in [0.1, 0.15) is 90.0 Å². The molecule has 1 aromatic rings. The summed E-state index contributed by atoms with van der Waals surface area (Å²) in [6.07, 6.45) is 18.2. The number of aromatic nitrogens is 1. The number of allylic oxidation sites excluding steroid dienone is 5. The van der Waals surface area contributed by atoms with Crippen molar-refractivity contribution in [1.29, 1.82) is 0 Å². The molecular weight excluding hydrogens is 500 g/mol. The van der Waals surface area contributed by atoms with Gasteiger partial charge in [0.05, 0.1) is 11.0 Å². The summed E-state index contributed by atoms with van der Waals surface area (Å²) in [6.45, 7) is 4.40. The number of anilines is 1. The summed E-state index contributed by atoms with van der Waals surface area (Å²) in [5, 5.41) is 0. The molecule has 4 atom stereocenters. The Bertz CT molecular complexity index is 1410. The molecule has 1 aromatic heterocycles. The van der Waals surface area contributed by atoms with Crippen LogP contribution in [0.4, 0.5) is 5.82 Å². The van der Waals surface area contributed by atoms with Crippen LogP contribution in [-0.4, -0.2) is 16.9 Å². The van der Waals surface area contributed by atoms with Gasteiger partial charge < -0.3 is 15.2 Å². The lowest BCUT2D eigenvalue weighted by atomic mass is 9.44. The van der Waals surface area contributed by atoms with Crippen molar-refractivity contribution in [2.24, 2.45) is 28.6 Å². The molecule has 0 radical (unpaired) electrons. The van der Waals surface area contributed by atoms with E-state index in [0.29, 0.717) is 12.2 Å². The van der Waals surface area contributed by atoms with E-state index in [4.69, 9.17) is 15.2 Å². The van der Waals surface area contributed by atoms with Crippen molar-refractivity contribution in [2.45, 2.75) is 90.9 Å². The highest BCUT2D eigenvalue weighted by Crippen LogP contribution is 2.70. The Kier molecular flexibility index (Phi) is 6.10. The second kappa shape index (κ2) is 9.46. The number of carbonyl (C=O) groups excluding carboxylic acids is 2. The smallest absolute Gasteiger partial charge is 0.340 e. The van der Waals surface area contributed by atoms with Crippen molar-refractivity contribution in [2.75, 3.05) is 5.73 Å². The van der Waals surface area contributed by atoms with Gasteiger partial charge in [0.2, 0.25) is 0 Å². The van der Waals surface area contributed by atoms with Crippen LogP contribution < -0.4 is 5.73 Å². The number of carbonyl (C=O) groups is 2. The van der Waals surface area contributed by atoms with E-state index in [1.54, 1.807) is 6.20 Å². The Labute approximate surface area is 236 Å². The van der Waals surface area contributed by atoms with E-state index >= 15 is 0 Å². The molecule has 2 bridgehead atoms. The second-order valence-electron chi connectivity index (χ2n) is 12.9. The van der Waals surface area contributed by atoms with Gasteiger partial charge in [-0.15, -0.1) is 0 Å².